The fraction of sp³-hybridized carbons (Fsp3) is 0.591. The first-order valence-electron chi connectivity index (χ1n) is 10.7. The van der Waals surface area contributed by atoms with E-state index in [2.05, 4.69) is 20.9 Å². The van der Waals surface area contributed by atoms with Crippen LogP contribution in [0.4, 0.5) is 5.69 Å². The van der Waals surface area contributed by atoms with Crippen LogP contribution in [0.2, 0.25) is 0 Å². The van der Waals surface area contributed by atoms with E-state index in [1.165, 1.54) is 0 Å². The Morgan fingerprint density at radius 1 is 1.21 bits per heavy atom. The molecule has 7 nitrogen and oxygen atoms in total. The Hall–Kier alpha value is -2.57. The summed E-state index contributed by atoms with van der Waals surface area (Å²) in [7, 11) is 1.75. The van der Waals surface area contributed by atoms with Gasteiger partial charge in [-0.25, -0.2) is 0 Å². The zero-order valence-corrected chi connectivity index (χ0v) is 17.5. The fourth-order valence-corrected chi connectivity index (χ4v) is 4.09. The molecule has 2 amide bonds. The highest BCUT2D eigenvalue weighted by Crippen LogP contribution is 2.26. The number of hydrogen-bond acceptors (Lipinski definition) is 3. The van der Waals surface area contributed by atoms with Crippen LogP contribution in [0.5, 0.6) is 0 Å². The number of likely N-dealkylation sites (tertiary alicyclic amines) is 1. The summed E-state index contributed by atoms with van der Waals surface area (Å²) in [6.45, 7) is 4.02. The molecule has 29 heavy (non-hydrogen) atoms. The standard InChI is InChI=1S/C22H33N5O2/c1-3-20(28)27-12-11-19(15-27)26-22(23-2)24-14-16-7-6-10-18(13-16)25-21(29)17-8-4-5-9-17/h6-7,10,13,17,19H,3-5,8-9,11-12,14-15H2,1-2H3,(H,25,29)(H2,23,24,26). The van der Waals surface area contributed by atoms with Crippen molar-refractivity contribution in [3.8, 4) is 0 Å². The SMILES string of the molecule is CCC(=O)N1CCC(NC(=NC)NCc2cccc(NC(=O)C3CCCC3)c2)C1. The van der Waals surface area contributed by atoms with Gasteiger partial charge in [0.05, 0.1) is 0 Å². The predicted octanol–water partition coefficient (Wildman–Crippen LogP) is 2.49. The Labute approximate surface area is 173 Å². The smallest absolute Gasteiger partial charge is 0.227 e. The first-order chi connectivity index (χ1) is 14.1. The number of rotatable bonds is 6. The zero-order chi connectivity index (χ0) is 20.6. The number of carbonyl (C=O) groups is 2. The van der Waals surface area contributed by atoms with Crippen LogP contribution in [-0.2, 0) is 16.1 Å². The van der Waals surface area contributed by atoms with Crippen molar-refractivity contribution < 1.29 is 9.59 Å². The van der Waals surface area contributed by atoms with Crippen LogP contribution < -0.4 is 16.0 Å². The molecule has 1 saturated heterocycles. The molecule has 1 aliphatic heterocycles. The number of amides is 2. The Balaban J connectivity index is 1.48. The second-order valence-electron chi connectivity index (χ2n) is 7.92. The Kier molecular flexibility index (Phi) is 7.49. The minimum absolute atomic E-state index is 0.137. The average molecular weight is 400 g/mol. The molecule has 158 valence electrons. The Morgan fingerprint density at radius 3 is 2.72 bits per heavy atom. The maximum Gasteiger partial charge on any atom is 0.227 e. The van der Waals surface area contributed by atoms with Crippen molar-refractivity contribution in [1.29, 1.82) is 0 Å². The van der Waals surface area contributed by atoms with Gasteiger partial charge in [-0.3, -0.25) is 14.6 Å². The maximum absolute atomic E-state index is 12.3. The van der Waals surface area contributed by atoms with Crippen LogP contribution in [0.15, 0.2) is 29.3 Å². The summed E-state index contributed by atoms with van der Waals surface area (Å²) in [6.07, 6.45) is 5.77. The molecule has 0 bridgehead atoms. The lowest BCUT2D eigenvalue weighted by atomic mass is 10.1. The molecule has 2 aliphatic rings. The van der Waals surface area contributed by atoms with Crippen molar-refractivity contribution in [3.05, 3.63) is 29.8 Å². The molecule has 2 fully saturated rings. The monoisotopic (exact) mass is 399 g/mol. The van der Waals surface area contributed by atoms with E-state index in [1.807, 2.05) is 36.1 Å². The molecule has 0 radical (unpaired) electrons. The minimum Gasteiger partial charge on any atom is -0.352 e. The van der Waals surface area contributed by atoms with Gasteiger partial charge < -0.3 is 20.9 Å². The minimum atomic E-state index is 0.137. The van der Waals surface area contributed by atoms with E-state index >= 15 is 0 Å². The molecular weight excluding hydrogens is 366 g/mol. The lowest BCUT2D eigenvalue weighted by Gasteiger charge is -2.19. The topological polar surface area (TPSA) is 85.8 Å². The van der Waals surface area contributed by atoms with Gasteiger partial charge in [-0.2, -0.15) is 0 Å². The molecule has 0 aromatic heterocycles. The third-order valence-corrected chi connectivity index (χ3v) is 5.79. The summed E-state index contributed by atoms with van der Waals surface area (Å²) in [4.78, 5) is 30.4. The summed E-state index contributed by atoms with van der Waals surface area (Å²) >= 11 is 0. The molecule has 1 aromatic carbocycles. The summed E-state index contributed by atoms with van der Waals surface area (Å²) in [5, 5.41) is 9.79. The molecular formula is C22H33N5O2. The number of benzene rings is 1. The first kappa shape index (κ1) is 21.1. The molecule has 1 aromatic rings. The number of hydrogen-bond donors (Lipinski definition) is 3. The van der Waals surface area contributed by atoms with E-state index in [1.54, 1.807) is 7.05 Å². The van der Waals surface area contributed by atoms with Gasteiger partial charge in [-0.1, -0.05) is 31.9 Å². The number of anilines is 1. The van der Waals surface area contributed by atoms with Gasteiger partial charge in [-0.05, 0) is 37.0 Å². The second-order valence-corrected chi connectivity index (χ2v) is 7.92. The van der Waals surface area contributed by atoms with E-state index in [9.17, 15) is 9.59 Å². The zero-order valence-electron chi connectivity index (χ0n) is 17.5. The van der Waals surface area contributed by atoms with E-state index in [0.29, 0.717) is 13.0 Å². The molecule has 3 N–H and O–H groups in total. The number of carbonyl (C=O) groups excluding carboxylic acids is 2. The third kappa shape index (κ3) is 5.95. The van der Waals surface area contributed by atoms with Crippen LogP contribution in [0.1, 0.15) is 51.0 Å². The van der Waals surface area contributed by atoms with Crippen LogP contribution in [-0.4, -0.2) is 48.9 Å². The third-order valence-electron chi connectivity index (χ3n) is 5.79. The largest absolute Gasteiger partial charge is 0.352 e. The normalized spacial score (nSPS) is 20.0. The summed E-state index contributed by atoms with van der Waals surface area (Å²) in [5.41, 5.74) is 1.92. The summed E-state index contributed by atoms with van der Waals surface area (Å²) in [6, 6.07) is 8.14. The Morgan fingerprint density at radius 2 is 2.00 bits per heavy atom. The maximum atomic E-state index is 12.3. The van der Waals surface area contributed by atoms with Crippen LogP contribution in [0.3, 0.4) is 0 Å². The van der Waals surface area contributed by atoms with Crippen molar-refractivity contribution in [2.24, 2.45) is 10.9 Å². The molecule has 1 unspecified atom stereocenters. The quantitative estimate of drug-likeness (QED) is 0.507. The molecule has 1 heterocycles. The van der Waals surface area contributed by atoms with Crippen LogP contribution >= 0.6 is 0 Å². The molecule has 1 atom stereocenters. The van der Waals surface area contributed by atoms with Gasteiger partial charge in [0.25, 0.3) is 0 Å². The molecule has 3 rings (SSSR count). The van der Waals surface area contributed by atoms with Gasteiger partial charge in [0.15, 0.2) is 5.96 Å². The lowest BCUT2D eigenvalue weighted by Crippen LogP contribution is -2.44. The van der Waals surface area contributed by atoms with E-state index in [4.69, 9.17) is 0 Å². The van der Waals surface area contributed by atoms with Crippen molar-refractivity contribution in [1.82, 2.24) is 15.5 Å². The highest BCUT2D eigenvalue weighted by atomic mass is 16.2. The average Bonchev–Trinajstić information content (AvgIpc) is 3.43. The number of nitrogens with zero attached hydrogens (tertiary/aromatic N) is 2. The van der Waals surface area contributed by atoms with Crippen LogP contribution in [0.25, 0.3) is 0 Å². The number of guanidine groups is 1. The van der Waals surface area contributed by atoms with Crippen LogP contribution in [0, 0.1) is 5.92 Å². The van der Waals surface area contributed by atoms with E-state index in [0.717, 1.165) is 62.4 Å². The van der Waals surface area contributed by atoms with Gasteiger partial charge in [-0.15, -0.1) is 0 Å². The van der Waals surface area contributed by atoms with Crippen molar-refractivity contribution in [2.75, 3.05) is 25.5 Å². The van der Waals surface area contributed by atoms with Gasteiger partial charge in [0.1, 0.15) is 0 Å². The summed E-state index contributed by atoms with van der Waals surface area (Å²) in [5.74, 6) is 1.22. The predicted molar refractivity (Wildman–Crippen MR) is 116 cm³/mol. The molecule has 7 heteroatoms. The highest BCUT2D eigenvalue weighted by Gasteiger charge is 2.26. The second kappa shape index (κ2) is 10.3. The first-order valence-corrected chi connectivity index (χ1v) is 10.7. The van der Waals surface area contributed by atoms with E-state index in [-0.39, 0.29) is 23.8 Å². The van der Waals surface area contributed by atoms with Crippen molar-refractivity contribution >= 4 is 23.5 Å². The van der Waals surface area contributed by atoms with Gasteiger partial charge in [0.2, 0.25) is 11.8 Å². The van der Waals surface area contributed by atoms with E-state index < -0.39 is 0 Å². The fourth-order valence-electron chi connectivity index (χ4n) is 4.09. The molecule has 0 spiro atoms. The molecule has 1 aliphatic carbocycles. The van der Waals surface area contributed by atoms with Gasteiger partial charge in [0, 0.05) is 50.7 Å². The number of aliphatic imine (C=N–C) groups is 1. The lowest BCUT2D eigenvalue weighted by molar-refractivity contribution is -0.129. The highest BCUT2D eigenvalue weighted by molar-refractivity contribution is 5.92. The summed E-state index contributed by atoms with van der Waals surface area (Å²) < 4.78 is 0. The van der Waals surface area contributed by atoms with Crippen molar-refractivity contribution in [2.45, 2.75) is 58.0 Å². The van der Waals surface area contributed by atoms with Crippen molar-refractivity contribution in [3.63, 3.8) is 0 Å². The Bertz CT molecular complexity index is 742. The van der Waals surface area contributed by atoms with Gasteiger partial charge >= 0.3 is 0 Å². The number of nitrogens with one attached hydrogen (secondary N) is 3. The molecule has 1 saturated carbocycles.